The molecule has 5 nitrogen and oxygen atoms in total. The van der Waals surface area contributed by atoms with Crippen molar-refractivity contribution in [3.8, 4) is 0 Å². The first-order chi connectivity index (χ1) is 8.45. The summed E-state index contributed by atoms with van der Waals surface area (Å²) >= 11 is 0. The smallest absolute Gasteiger partial charge is 0.322 e. The second-order valence-electron chi connectivity index (χ2n) is 3.92. The molecule has 0 amide bonds. The number of ether oxygens (including phenoxy) is 1. The molecule has 2 N–H and O–H groups in total. The molecule has 1 aromatic carbocycles. The van der Waals surface area contributed by atoms with Gasteiger partial charge in [-0.25, -0.2) is 0 Å². The average Bonchev–Trinajstić information content (AvgIpc) is 2.37. The van der Waals surface area contributed by atoms with Crippen LogP contribution in [-0.4, -0.2) is 30.7 Å². The molecule has 96 valence electrons. The Morgan fingerprint density at radius 1 is 1.22 bits per heavy atom. The standard InChI is InChI=1S/C13H15NO4/c1-8(15)12(16)10-5-3-9(4-6-10)7-11(14)13(17)18-2/h3-6,11H,7,14H2,1-2H3/t11-/m0/s1. The molecule has 1 atom stereocenters. The van der Waals surface area contributed by atoms with Crippen molar-refractivity contribution in [2.45, 2.75) is 19.4 Å². The molecule has 1 rings (SSSR count). The van der Waals surface area contributed by atoms with E-state index < -0.39 is 23.6 Å². The van der Waals surface area contributed by atoms with Gasteiger partial charge in [-0.2, -0.15) is 0 Å². The summed E-state index contributed by atoms with van der Waals surface area (Å²) in [6.45, 7) is 1.23. The molecular formula is C13H15NO4. The maximum Gasteiger partial charge on any atom is 0.322 e. The Bertz CT molecular complexity index is 464. The normalized spacial score (nSPS) is 11.7. The van der Waals surface area contributed by atoms with Crippen LogP contribution in [0.2, 0.25) is 0 Å². The van der Waals surface area contributed by atoms with Crippen molar-refractivity contribution in [2.24, 2.45) is 5.73 Å². The Hall–Kier alpha value is -2.01. The Balaban J connectivity index is 2.75. The van der Waals surface area contributed by atoms with E-state index in [1.54, 1.807) is 24.3 Å². The van der Waals surface area contributed by atoms with Gasteiger partial charge in [0.15, 0.2) is 5.78 Å². The average molecular weight is 249 g/mol. The van der Waals surface area contributed by atoms with E-state index in [9.17, 15) is 14.4 Å². The zero-order valence-electron chi connectivity index (χ0n) is 10.3. The van der Waals surface area contributed by atoms with Gasteiger partial charge in [-0.3, -0.25) is 14.4 Å². The number of methoxy groups -OCH3 is 1. The first-order valence-corrected chi connectivity index (χ1v) is 5.43. The molecule has 5 heteroatoms. The van der Waals surface area contributed by atoms with Crippen LogP contribution in [0, 0.1) is 0 Å². The van der Waals surface area contributed by atoms with Crippen LogP contribution in [-0.2, 0) is 20.7 Å². The predicted octanol–water partition coefficient (Wildman–Crippen LogP) is 0.501. The van der Waals surface area contributed by atoms with Crippen LogP contribution in [0.4, 0.5) is 0 Å². The van der Waals surface area contributed by atoms with E-state index >= 15 is 0 Å². The lowest BCUT2D eigenvalue weighted by Crippen LogP contribution is -2.33. The van der Waals surface area contributed by atoms with Gasteiger partial charge >= 0.3 is 5.97 Å². The fourth-order valence-corrected chi connectivity index (χ4v) is 1.48. The summed E-state index contributed by atoms with van der Waals surface area (Å²) in [5.41, 5.74) is 6.74. The summed E-state index contributed by atoms with van der Waals surface area (Å²) in [6.07, 6.45) is 0.321. The molecule has 0 heterocycles. The van der Waals surface area contributed by atoms with Crippen molar-refractivity contribution in [1.29, 1.82) is 0 Å². The quantitative estimate of drug-likeness (QED) is 0.466. The maximum atomic E-state index is 11.4. The van der Waals surface area contributed by atoms with Gasteiger partial charge in [0.25, 0.3) is 0 Å². The fraction of sp³-hybridized carbons (Fsp3) is 0.308. The third kappa shape index (κ3) is 3.49. The molecule has 0 unspecified atom stereocenters. The van der Waals surface area contributed by atoms with Crippen LogP contribution in [0.5, 0.6) is 0 Å². The van der Waals surface area contributed by atoms with Crippen molar-refractivity contribution < 1.29 is 19.1 Å². The Morgan fingerprint density at radius 3 is 2.22 bits per heavy atom. The SMILES string of the molecule is COC(=O)[C@@H](N)Cc1ccc(C(=O)C(C)=O)cc1. The molecule has 0 aromatic heterocycles. The number of benzene rings is 1. The number of nitrogens with two attached hydrogens (primary N) is 1. The molecule has 0 saturated heterocycles. The first kappa shape index (κ1) is 14.1. The topological polar surface area (TPSA) is 86.5 Å². The summed E-state index contributed by atoms with van der Waals surface area (Å²) in [4.78, 5) is 33.4. The molecule has 0 bridgehead atoms. The molecular weight excluding hydrogens is 234 g/mol. The number of hydrogen-bond acceptors (Lipinski definition) is 5. The predicted molar refractivity (Wildman–Crippen MR) is 65.1 cm³/mol. The van der Waals surface area contributed by atoms with Gasteiger partial charge in [0, 0.05) is 12.5 Å². The highest BCUT2D eigenvalue weighted by atomic mass is 16.5. The monoisotopic (exact) mass is 249 g/mol. The lowest BCUT2D eigenvalue weighted by molar-refractivity contribution is -0.142. The lowest BCUT2D eigenvalue weighted by atomic mass is 10.0. The van der Waals surface area contributed by atoms with Crippen molar-refractivity contribution in [3.05, 3.63) is 35.4 Å². The summed E-state index contributed by atoms with van der Waals surface area (Å²) in [7, 11) is 1.27. The van der Waals surface area contributed by atoms with Crippen LogP contribution < -0.4 is 5.73 Å². The number of ketones is 2. The third-order valence-corrected chi connectivity index (χ3v) is 2.50. The molecule has 0 aliphatic heterocycles. The highest BCUT2D eigenvalue weighted by Gasteiger charge is 2.15. The molecule has 1 aromatic rings. The van der Waals surface area contributed by atoms with E-state index in [1.165, 1.54) is 14.0 Å². The first-order valence-electron chi connectivity index (χ1n) is 5.43. The number of Topliss-reactive ketones (excluding diaryl/α,β-unsaturated/α-hetero) is 2. The van der Waals surface area contributed by atoms with E-state index in [-0.39, 0.29) is 0 Å². The van der Waals surface area contributed by atoms with Crippen LogP contribution >= 0.6 is 0 Å². The van der Waals surface area contributed by atoms with E-state index in [0.29, 0.717) is 12.0 Å². The van der Waals surface area contributed by atoms with Crippen molar-refractivity contribution in [2.75, 3.05) is 7.11 Å². The molecule has 0 spiro atoms. The molecule has 18 heavy (non-hydrogen) atoms. The van der Waals surface area contributed by atoms with Crippen molar-refractivity contribution in [3.63, 3.8) is 0 Å². The van der Waals surface area contributed by atoms with Crippen molar-refractivity contribution >= 4 is 17.5 Å². The summed E-state index contributed by atoms with van der Waals surface area (Å²) in [6, 6.07) is 5.69. The molecule has 0 radical (unpaired) electrons. The minimum absolute atomic E-state index is 0.321. The second-order valence-corrected chi connectivity index (χ2v) is 3.92. The van der Waals surface area contributed by atoms with E-state index in [2.05, 4.69) is 4.74 Å². The van der Waals surface area contributed by atoms with E-state index in [0.717, 1.165) is 5.56 Å². The number of carbonyl (C=O) groups excluding carboxylic acids is 3. The van der Waals surface area contributed by atoms with Gasteiger partial charge in [0.1, 0.15) is 6.04 Å². The summed E-state index contributed by atoms with van der Waals surface area (Å²) in [5.74, 6) is -1.52. The van der Waals surface area contributed by atoms with Gasteiger partial charge in [-0.1, -0.05) is 24.3 Å². The second kappa shape index (κ2) is 6.07. The van der Waals surface area contributed by atoms with Crippen LogP contribution in [0.3, 0.4) is 0 Å². The van der Waals surface area contributed by atoms with Gasteiger partial charge in [-0.05, 0) is 12.0 Å². The third-order valence-electron chi connectivity index (χ3n) is 2.50. The van der Waals surface area contributed by atoms with Crippen molar-refractivity contribution in [1.82, 2.24) is 0 Å². The lowest BCUT2D eigenvalue weighted by Gasteiger charge is -2.09. The fourth-order valence-electron chi connectivity index (χ4n) is 1.48. The number of hydrogen-bond donors (Lipinski definition) is 1. The highest BCUT2D eigenvalue weighted by molar-refractivity contribution is 6.42. The molecule has 0 saturated carbocycles. The largest absolute Gasteiger partial charge is 0.468 e. The van der Waals surface area contributed by atoms with Crippen LogP contribution in [0.1, 0.15) is 22.8 Å². The molecule has 0 aliphatic carbocycles. The van der Waals surface area contributed by atoms with Gasteiger partial charge in [0.05, 0.1) is 7.11 Å². The minimum Gasteiger partial charge on any atom is -0.468 e. The van der Waals surface area contributed by atoms with Gasteiger partial charge in [-0.15, -0.1) is 0 Å². The summed E-state index contributed by atoms with van der Waals surface area (Å²) in [5, 5.41) is 0. The van der Waals surface area contributed by atoms with Crippen LogP contribution in [0.15, 0.2) is 24.3 Å². The van der Waals surface area contributed by atoms with E-state index in [4.69, 9.17) is 5.73 Å². The number of rotatable bonds is 5. The maximum absolute atomic E-state index is 11.4. The van der Waals surface area contributed by atoms with Crippen LogP contribution in [0.25, 0.3) is 0 Å². The molecule has 0 aliphatic rings. The molecule has 0 fully saturated rings. The zero-order valence-corrected chi connectivity index (χ0v) is 10.3. The minimum atomic E-state index is -0.732. The Labute approximate surface area is 105 Å². The van der Waals surface area contributed by atoms with Gasteiger partial charge < -0.3 is 10.5 Å². The van der Waals surface area contributed by atoms with Gasteiger partial charge in [0.2, 0.25) is 5.78 Å². The Kier molecular flexibility index (Phi) is 4.74. The van der Waals surface area contributed by atoms with E-state index in [1.807, 2.05) is 0 Å². The number of esters is 1. The Morgan fingerprint density at radius 2 is 1.78 bits per heavy atom. The summed E-state index contributed by atoms with van der Waals surface area (Å²) < 4.78 is 4.51. The number of carbonyl (C=O) groups is 3. The highest BCUT2D eigenvalue weighted by Crippen LogP contribution is 2.08. The zero-order chi connectivity index (χ0) is 13.7.